The molecule has 9 heteroatoms. The molecule has 33 heavy (non-hydrogen) atoms. The Hall–Kier alpha value is -3.43. The highest BCUT2D eigenvalue weighted by molar-refractivity contribution is 7.22. The van der Waals surface area contributed by atoms with Gasteiger partial charge in [-0.2, -0.15) is 4.98 Å². The number of anilines is 2. The smallest absolute Gasteiger partial charge is 0.302 e. The van der Waals surface area contributed by atoms with Crippen LogP contribution in [0.1, 0.15) is 32.6 Å². The van der Waals surface area contributed by atoms with Crippen LogP contribution in [0, 0.1) is 0 Å². The number of fused-ring (bicyclic) bond motifs is 2. The number of nitrogens with one attached hydrogen (secondary N) is 3. The van der Waals surface area contributed by atoms with E-state index in [4.69, 9.17) is 9.41 Å². The predicted molar refractivity (Wildman–Crippen MR) is 131 cm³/mol. The number of nitrogens with zero attached hydrogens (tertiary/aromatic N) is 3. The molecule has 1 spiro atoms. The summed E-state index contributed by atoms with van der Waals surface area (Å²) < 4.78 is 6.89. The van der Waals surface area contributed by atoms with Crippen molar-refractivity contribution in [3.05, 3.63) is 59.8 Å². The van der Waals surface area contributed by atoms with Gasteiger partial charge in [0.2, 0.25) is 5.96 Å². The van der Waals surface area contributed by atoms with Crippen LogP contribution in [-0.2, 0) is 0 Å². The molecule has 3 heterocycles. The lowest BCUT2D eigenvalue weighted by Crippen LogP contribution is -2.47. The molecule has 1 atom stereocenters. The van der Waals surface area contributed by atoms with Crippen molar-refractivity contribution >= 4 is 49.8 Å². The van der Waals surface area contributed by atoms with Gasteiger partial charge in [0.1, 0.15) is 5.52 Å². The first-order valence-corrected chi connectivity index (χ1v) is 11.9. The highest BCUT2D eigenvalue weighted by Crippen LogP contribution is 2.44. The standard InChI is InChI=1S/C24H24N6O2S/c1-14-19(20(31)28-23-27-16-9-3-5-11-18(16)33-23)24(12-6-7-13-24)30-21(25-14)29-22-26-15-8-2-4-10-17(15)32-22/h2-5,8-11,20,31H,6-7,12-13H2,1H3,(H,27,28)(H2,25,26,29,30). The van der Waals surface area contributed by atoms with Crippen molar-refractivity contribution in [3.8, 4) is 0 Å². The van der Waals surface area contributed by atoms with Crippen molar-refractivity contribution in [2.45, 2.75) is 44.4 Å². The van der Waals surface area contributed by atoms with E-state index in [1.807, 2.05) is 55.5 Å². The minimum absolute atomic E-state index is 0.389. The quantitative estimate of drug-likeness (QED) is 0.323. The van der Waals surface area contributed by atoms with E-state index in [0.29, 0.717) is 17.1 Å². The Bertz CT molecular complexity index is 1330. The van der Waals surface area contributed by atoms with Gasteiger partial charge >= 0.3 is 6.01 Å². The number of hydrogen-bond donors (Lipinski definition) is 4. The molecule has 0 saturated heterocycles. The van der Waals surface area contributed by atoms with Gasteiger partial charge in [0.25, 0.3) is 0 Å². The van der Waals surface area contributed by atoms with Crippen LogP contribution >= 0.6 is 11.3 Å². The minimum Gasteiger partial charge on any atom is -0.423 e. The molecule has 1 aliphatic carbocycles. The van der Waals surface area contributed by atoms with E-state index in [1.165, 1.54) is 11.3 Å². The number of allylic oxidation sites excluding steroid dienone is 1. The molecule has 2 aromatic carbocycles. The summed E-state index contributed by atoms with van der Waals surface area (Å²) in [7, 11) is 0. The molecular formula is C24H24N6O2S. The number of benzene rings is 2. The summed E-state index contributed by atoms with van der Waals surface area (Å²) in [6, 6.07) is 16.0. The van der Waals surface area contributed by atoms with Crippen LogP contribution in [0.25, 0.3) is 21.3 Å². The highest BCUT2D eigenvalue weighted by Gasteiger charge is 2.44. The number of aliphatic hydroxyl groups excluding tert-OH is 1. The lowest BCUT2D eigenvalue weighted by Gasteiger charge is -2.37. The Labute approximate surface area is 194 Å². The van der Waals surface area contributed by atoms with E-state index in [2.05, 4.69) is 25.9 Å². The fraction of sp³-hybridized carbons (Fsp3) is 0.292. The zero-order valence-electron chi connectivity index (χ0n) is 18.1. The summed E-state index contributed by atoms with van der Waals surface area (Å²) in [6.45, 7) is 1.97. The monoisotopic (exact) mass is 460 g/mol. The number of aliphatic imine (C=N–C) groups is 1. The molecule has 1 fully saturated rings. The predicted octanol–water partition coefficient (Wildman–Crippen LogP) is 4.83. The number of aliphatic hydroxyl groups is 1. The molecule has 0 radical (unpaired) electrons. The Morgan fingerprint density at radius 3 is 2.61 bits per heavy atom. The Morgan fingerprint density at radius 1 is 1.06 bits per heavy atom. The van der Waals surface area contributed by atoms with E-state index in [-0.39, 0.29) is 0 Å². The van der Waals surface area contributed by atoms with Crippen molar-refractivity contribution in [1.82, 2.24) is 15.3 Å². The molecule has 4 N–H and O–H groups in total. The van der Waals surface area contributed by atoms with Crippen molar-refractivity contribution in [2.75, 3.05) is 10.6 Å². The van der Waals surface area contributed by atoms with Crippen LogP contribution in [0.4, 0.5) is 11.1 Å². The molecule has 4 aromatic rings. The fourth-order valence-corrected chi connectivity index (χ4v) is 5.79. The van der Waals surface area contributed by atoms with Gasteiger partial charge in [-0.15, -0.1) is 0 Å². The molecule has 6 rings (SSSR count). The second-order valence-electron chi connectivity index (χ2n) is 8.51. The molecule has 1 saturated carbocycles. The summed E-state index contributed by atoms with van der Waals surface area (Å²) in [6.07, 6.45) is 2.97. The van der Waals surface area contributed by atoms with Crippen molar-refractivity contribution < 1.29 is 9.52 Å². The van der Waals surface area contributed by atoms with Gasteiger partial charge < -0.3 is 20.2 Å². The lowest BCUT2D eigenvalue weighted by molar-refractivity contribution is 0.214. The third kappa shape index (κ3) is 3.63. The normalized spacial score (nSPS) is 18.5. The number of para-hydroxylation sites is 3. The van der Waals surface area contributed by atoms with E-state index in [9.17, 15) is 5.11 Å². The topological polar surface area (TPSA) is 108 Å². The highest BCUT2D eigenvalue weighted by atomic mass is 32.1. The average Bonchev–Trinajstić information content (AvgIpc) is 3.51. The Kier molecular flexibility index (Phi) is 4.81. The number of oxazole rings is 1. The van der Waals surface area contributed by atoms with Crippen molar-refractivity contribution in [2.24, 2.45) is 4.99 Å². The van der Waals surface area contributed by atoms with Crippen molar-refractivity contribution in [3.63, 3.8) is 0 Å². The number of hydrogen-bond acceptors (Lipinski definition) is 9. The molecule has 0 bridgehead atoms. The van der Waals surface area contributed by atoms with Gasteiger partial charge in [-0.05, 0) is 44.0 Å². The second kappa shape index (κ2) is 7.86. The molecule has 168 valence electrons. The molecule has 8 nitrogen and oxygen atoms in total. The zero-order valence-corrected chi connectivity index (χ0v) is 18.9. The van der Waals surface area contributed by atoms with Gasteiger partial charge in [-0.3, -0.25) is 5.32 Å². The third-order valence-corrected chi connectivity index (χ3v) is 7.28. The summed E-state index contributed by atoms with van der Waals surface area (Å²) in [5, 5.41) is 21.7. The van der Waals surface area contributed by atoms with Gasteiger partial charge in [0.05, 0.1) is 15.8 Å². The summed E-state index contributed by atoms with van der Waals surface area (Å²) in [4.78, 5) is 14.1. The first-order chi connectivity index (χ1) is 16.1. The first kappa shape index (κ1) is 20.2. The summed E-state index contributed by atoms with van der Waals surface area (Å²) in [5.74, 6) is 0.580. The molecule has 1 aliphatic heterocycles. The fourth-order valence-electron chi connectivity index (χ4n) is 4.91. The zero-order chi connectivity index (χ0) is 22.4. The van der Waals surface area contributed by atoms with E-state index >= 15 is 0 Å². The van der Waals surface area contributed by atoms with Crippen LogP contribution in [-0.4, -0.2) is 32.8 Å². The van der Waals surface area contributed by atoms with Crippen LogP contribution in [0.5, 0.6) is 0 Å². The molecule has 2 aliphatic rings. The molecule has 2 aromatic heterocycles. The average molecular weight is 461 g/mol. The third-order valence-electron chi connectivity index (χ3n) is 6.31. The maximum absolute atomic E-state index is 11.3. The molecule has 1 unspecified atom stereocenters. The Morgan fingerprint density at radius 2 is 1.82 bits per heavy atom. The number of rotatable bonds is 4. The molecular weight excluding hydrogens is 436 g/mol. The first-order valence-electron chi connectivity index (χ1n) is 11.1. The van der Waals surface area contributed by atoms with E-state index in [0.717, 1.165) is 58.3 Å². The van der Waals surface area contributed by atoms with Crippen molar-refractivity contribution in [1.29, 1.82) is 0 Å². The summed E-state index contributed by atoms with van der Waals surface area (Å²) in [5.41, 5.74) is 3.68. The number of aromatic nitrogens is 2. The van der Waals surface area contributed by atoms with E-state index < -0.39 is 11.8 Å². The van der Waals surface area contributed by atoms with E-state index in [1.54, 1.807) is 0 Å². The maximum atomic E-state index is 11.3. The summed E-state index contributed by atoms with van der Waals surface area (Å²) >= 11 is 1.53. The van der Waals surface area contributed by atoms with Crippen LogP contribution in [0.2, 0.25) is 0 Å². The van der Waals surface area contributed by atoms with Gasteiger partial charge in [-0.1, -0.05) is 48.4 Å². The number of guanidine groups is 1. The van der Waals surface area contributed by atoms with Crippen LogP contribution < -0.4 is 16.0 Å². The van der Waals surface area contributed by atoms with Crippen LogP contribution in [0.15, 0.2) is 69.2 Å². The molecule has 0 amide bonds. The number of thiazole rings is 1. The van der Waals surface area contributed by atoms with Crippen LogP contribution in [0.3, 0.4) is 0 Å². The minimum atomic E-state index is -0.897. The van der Waals surface area contributed by atoms with Gasteiger partial charge in [-0.25, -0.2) is 9.98 Å². The Balaban J connectivity index is 1.28. The van der Waals surface area contributed by atoms with Gasteiger partial charge in [0.15, 0.2) is 16.9 Å². The largest absolute Gasteiger partial charge is 0.423 e. The second-order valence-corrected chi connectivity index (χ2v) is 9.54. The van der Waals surface area contributed by atoms with Gasteiger partial charge in [0, 0.05) is 11.3 Å². The SMILES string of the molecule is CC1=C(C(O)Nc2nc3ccccc3s2)C2(CCCC2)N=C(Nc2nc3ccccc3o2)N1. The maximum Gasteiger partial charge on any atom is 0.302 e. The lowest BCUT2D eigenvalue weighted by atomic mass is 9.84.